The van der Waals surface area contributed by atoms with E-state index in [-0.39, 0.29) is 5.91 Å². The zero-order chi connectivity index (χ0) is 12.1. The normalized spacial score (nSPS) is 16.1. The Hall–Kier alpha value is -1.06. The van der Waals surface area contributed by atoms with Crippen LogP contribution in [0.5, 0.6) is 0 Å². The van der Waals surface area contributed by atoms with Crippen LogP contribution in [0.15, 0.2) is 24.3 Å². The van der Waals surface area contributed by atoms with Crippen molar-refractivity contribution in [1.29, 1.82) is 0 Å². The van der Waals surface area contributed by atoms with Crippen molar-refractivity contribution in [2.75, 3.05) is 25.0 Å². The van der Waals surface area contributed by atoms with E-state index in [1.807, 2.05) is 12.1 Å². The molecule has 1 fully saturated rings. The maximum Gasteiger partial charge on any atom is 0.230 e. The topological polar surface area (TPSA) is 33.5 Å². The number of likely N-dealkylation sites (tertiary alicyclic amines) is 1. The molecule has 3 nitrogen and oxygen atoms in total. The van der Waals surface area contributed by atoms with Crippen molar-refractivity contribution >= 4 is 23.2 Å². The molecule has 0 aromatic heterocycles. The summed E-state index contributed by atoms with van der Waals surface area (Å²) < 4.78 is 0. The summed E-state index contributed by atoms with van der Waals surface area (Å²) >= 11 is 5.85. The third kappa shape index (κ3) is 4.02. The molecule has 2 rings (SSSR count). The zero-order valence-electron chi connectivity index (χ0n) is 9.84. The second-order valence-corrected chi connectivity index (χ2v) is 4.95. The first-order valence-electron chi connectivity index (χ1n) is 6.13. The SMILES string of the molecule is O=C(CC[NH+]1CCCC1)Nc1cccc(Cl)c1. The van der Waals surface area contributed by atoms with Gasteiger partial charge in [-0.1, -0.05) is 17.7 Å². The number of carbonyl (C=O) groups is 1. The number of nitrogens with one attached hydrogen (secondary N) is 2. The van der Waals surface area contributed by atoms with Crippen LogP contribution in [0.1, 0.15) is 19.3 Å². The predicted molar refractivity (Wildman–Crippen MR) is 69.5 cm³/mol. The summed E-state index contributed by atoms with van der Waals surface area (Å²) in [6, 6.07) is 7.25. The average molecular weight is 254 g/mol. The number of hydrogen-bond acceptors (Lipinski definition) is 1. The van der Waals surface area contributed by atoms with Gasteiger partial charge in [0.15, 0.2) is 0 Å². The number of benzene rings is 1. The largest absolute Gasteiger partial charge is 0.334 e. The summed E-state index contributed by atoms with van der Waals surface area (Å²) in [5.74, 6) is 0.0756. The highest BCUT2D eigenvalue weighted by Gasteiger charge is 2.16. The van der Waals surface area contributed by atoms with Gasteiger partial charge in [-0.2, -0.15) is 0 Å². The molecule has 1 amide bonds. The van der Waals surface area contributed by atoms with Gasteiger partial charge in [-0.15, -0.1) is 0 Å². The van der Waals surface area contributed by atoms with Crippen LogP contribution < -0.4 is 10.2 Å². The van der Waals surface area contributed by atoms with E-state index < -0.39 is 0 Å². The lowest BCUT2D eigenvalue weighted by atomic mass is 10.3. The van der Waals surface area contributed by atoms with Gasteiger partial charge in [0.2, 0.25) is 5.91 Å². The summed E-state index contributed by atoms with van der Waals surface area (Å²) in [6.45, 7) is 3.36. The minimum Gasteiger partial charge on any atom is -0.334 e. The van der Waals surface area contributed by atoms with Gasteiger partial charge in [-0.25, -0.2) is 0 Å². The average Bonchev–Trinajstić information content (AvgIpc) is 2.79. The molecule has 2 N–H and O–H groups in total. The number of rotatable bonds is 4. The van der Waals surface area contributed by atoms with E-state index in [4.69, 9.17) is 11.6 Å². The third-order valence-corrected chi connectivity index (χ3v) is 3.36. The van der Waals surface area contributed by atoms with E-state index in [0.29, 0.717) is 11.4 Å². The highest BCUT2D eigenvalue weighted by Crippen LogP contribution is 2.14. The van der Waals surface area contributed by atoms with Crippen LogP contribution in [0.4, 0.5) is 5.69 Å². The van der Waals surface area contributed by atoms with Crippen LogP contribution in [0, 0.1) is 0 Å². The molecule has 4 heteroatoms. The van der Waals surface area contributed by atoms with Crippen molar-refractivity contribution in [1.82, 2.24) is 0 Å². The van der Waals surface area contributed by atoms with Crippen LogP contribution in [0.3, 0.4) is 0 Å². The fourth-order valence-electron chi connectivity index (χ4n) is 2.21. The quantitative estimate of drug-likeness (QED) is 0.835. The molecule has 1 saturated heterocycles. The molecule has 0 aliphatic carbocycles. The molecule has 92 valence electrons. The van der Waals surface area contributed by atoms with Crippen molar-refractivity contribution in [2.45, 2.75) is 19.3 Å². The number of halogens is 1. The Morgan fingerprint density at radius 3 is 2.82 bits per heavy atom. The lowest BCUT2D eigenvalue weighted by molar-refractivity contribution is -0.886. The second kappa shape index (κ2) is 6.03. The van der Waals surface area contributed by atoms with E-state index in [0.717, 1.165) is 12.2 Å². The van der Waals surface area contributed by atoms with E-state index in [1.165, 1.54) is 25.9 Å². The molecule has 0 radical (unpaired) electrons. The first-order valence-corrected chi connectivity index (χ1v) is 6.51. The first-order chi connectivity index (χ1) is 8.24. The Morgan fingerprint density at radius 2 is 2.12 bits per heavy atom. The third-order valence-electron chi connectivity index (χ3n) is 3.12. The van der Waals surface area contributed by atoms with Gasteiger partial charge in [0, 0.05) is 23.6 Å². The molecule has 1 aliphatic heterocycles. The Balaban J connectivity index is 1.76. The van der Waals surface area contributed by atoms with Gasteiger partial charge in [0.1, 0.15) is 0 Å². The molecule has 0 spiro atoms. The smallest absolute Gasteiger partial charge is 0.230 e. The molecular weight excluding hydrogens is 236 g/mol. The van der Waals surface area contributed by atoms with Crippen LogP contribution in [0.2, 0.25) is 5.02 Å². The summed E-state index contributed by atoms with van der Waals surface area (Å²) in [4.78, 5) is 13.3. The van der Waals surface area contributed by atoms with Crippen LogP contribution in [-0.2, 0) is 4.79 Å². The molecule has 1 aliphatic rings. The van der Waals surface area contributed by atoms with Crippen molar-refractivity contribution in [3.8, 4) is 0 Å². The number of quaternary nitrogens is 1. The zero-order valence-corrected chi connectivity index (χ0v) is 10.6. The van der Waals surface area contributed by atoms with Crippen molar-refractivity contribution in [2.24, 2.45) is 0 Å². The standard InChI is InChI=1S/C13H17ClN2O/c14-11-4-3-5-12(10-11)15-13(17)6-9-16-7-1-2-8-16/h3-5,10H,1-2,6-9H2,(H,15,17)/p+1. The molecule has 0 atom stereocenters. The highest BCUT2D eigenvalue weighted by atomic mass is 35.5. The Labute approximate surface area is 107 Å². The van der Waals surface area contributed by atoms with Gasteiger partial charge in [0.25, 0.3) is 0 Å². The van der Waals surface area contributed by atoms with Crippen LogP contribution in [0.25, 0.3) is 0 Å². The molecule has 1 heterocycles. The van der Waals surface area contributed by atoms with Gasteiger partial charge in [-0.3, -0.25) is 4.79 Å². The summed E-state index contributed by atoms with van der Waals surface area (Å²) in [7, 11) is 0. The highest BCUT2D eigenvalue weighted by molar-refractivity contribution is 6.30. The van der Waals surface area contributed by atoms with E-state index in [9.17, 15) is 4.79 Å². The molecule has 1 aromatic carbocycles. The number of hydrogen-bond donors (Lipinski definition) is 2. The van der Waals surface area contributed by atoms with Gasteiger partial charge in [-0.05, 0) is 18.2 Å². The number of anilines is 1. The maximum absolute atomic E-state index is 11.7. The lowest BCUT2D eigenvalue weighted by Gasteiger charge is -2.11. The van der Waals surface area contributed by atoms with E-state index in [1.54, 1.807) is 17.0 Å². The molecule has 17 heavy (non-hydrogen) atoms. The van der Waals surface area contributed by atoms with Gasteiger partial charge < -0.3 is 10.2 Å². The number of amides is 1. The fourth-order valence-corrected chi connectivity index (χ4v) is 2.40. The van der Waals surface area contributed by atoms with Gasteiger partial charge in [0.05, 0.1) is 26.1 Å². The fraction of sp³-hybridized carbons (Fsp3) is 0.462. The Morgan fingerprint density at radius 1 is 1.35 bits per heavy atom. The molecule has 0 bridgehead atoms. The molecule has 0 unspecified atom stereocenters. The minimum atomic E-state index is 0.0756. The Bertz CT molecular complexity index is 389. The van der Waals surface area contributed by atoms with E-state index in [2.05, 4.69) is 5.32 Å². The predicted octanol–water partition coefficient (Wildman–Crippen LogP) is 1.35. The second-order valence-electron chi connectivity index (χ2n) is 4.52. The minimum absolute atomic E-state index is 0.0756. The molecule has 0 saturated carbocycles. The lowest BCUT2D eigenvalue weighted by Crippen LogP contribution is -3.10. The molecular formula is C13H18ClN2O+. The van der Waals surface area contributed by atoms with Crippen LogP contribution >= 0.6 is 11.6 Å². The first kappa shape index (κ1) is 12.4. The maximum atomic E-state index is 11.7. The van der Waals surface area contributed by atoms with Gasteiger partial charge >= 0.3 is 0 Å². The van der Waals surface area contributed by atoms with Crippen LogP contribution in [-0.4, -0.2) is 25.5 Å². The summed E-state index contributed by atoms with van der Waals surface area (Å²) in [6.07, 6.45) is 3.18. The summed E-state index contributed by atoms with van der Waals surface area (Å²) in [5, 5.41) is 3.52. The molecule has 1 aromatic rings. The van der Waals surface area contributed by atoms with E-state index >= 15 is 0 Å². The summed E-state index contributed by atoms with van der Waals surface area (Å²) in [5.41, 5.74) is 0.777. The van der Waals surface area contributed by atoms with Crippen molar-refractivity contribution in [3.05, 3.63) is 29.3 Å². The monoisotopic (exact) mass is 253 g/mol. The van der Waals surface area contributed by atoms with Crippen molar-refractivity contribution in [3.63, 3.8) is 0 Å². The van der Waals surface area contributed by atoms with Crippen molar-refractivity contribution < 1.29 is 9.69 Å². The Kier molecular flexibility index (Phi) is 4.40. The number of carbonyl (C=O) groups excluding carboxylic acids is 1.